The third-order valence-corrected chi connectivity index (χ3v) is 2.36. The van der Waals surface area contributed by atoms with E-state index in [9.17, 15) is 0 Å². The molecule has 0 aliphatic rings. The summed E-state index contributed by atoms with van der Waals surface area (Å²) in [6.45, 7) is 7.44. The lowest BCUT2D eigenvalue weighted by molar-refractivity contribution is 0.134. The minimum atomic E-state index is 0.0989. The Bertz CT molecular complexity index is 305. The summed E-state index contributed by atoms with van der Waals surface area (Å²) in [5.74, 6) is 0.820. The van der Waals surface area contributed by atoms with E-state index in [0.717, 1.165) is 12.4 Å². The second-order valence-electron chi connectivity index (χ2n) is 3.63. The van der Waals surface area contributed by atoms with Gasteiger partial charge in [-0.25, -0.2) is 4.68 Å². The second kappa shape index (κ2) is 8.10. The molecule has 7 heteroatoms. The van der Waals surface area contributed by atoms with Crippen molar-refractivity contribution in [3.05, 3.63) is 5.82 Å². The predicted molar refractivity (Wildman–Crippen MR) is 62.6 cm³/mol. The summed E-state index contributed by atoms with van der Waals surface area (Å²) >= 11 is 0. The van der Waals surface area contributed by atoms with Crippen molar-refractivity contribution in [1.29, 1.82) is 0 Å². The normalized spacial score (nSPS) is 12.9. The molecule has 98 valence electrons. The quantitative estimate of drug-likeness (QED) is 0.616. The lowest BCUT2D eigenvalue weighted by Gasteiger charge is -2.13. The van der Waals surface area contributed by atoms with Crippen LogP contribution in [-0.2, 0) is 16.0 Å². The molecule has 0 saturated carbocycles. The third kappa shape index (κ3) is 4.76. The van der Waals surface area contributed by atoms with Crippen molar-refractivity contribution in [2.75, 3.05) is 33.5 Å². The van der Waals surface area contributed by atoms with Crippen molar-refractivity contribution in [2.24, 2.45) is 0 Å². The van der Waals surface area contributed by atoms with Gasteiger partial charge in [-0.15, -0.1) is 5.10 Å². The van der Waals surface area contributed by atoms with Crippen molar-refractivity contribution in [1.82, 2.24) is 25.5 Å². The average molecular weight is 243 g/mol. The van der Waals surface area contributed by atoms with Gasteiger partial charge >= 0.3 is 0 Å². The number of tetrazole rings is 1. The first kappa shape index (κ1) is 14.0. The van der Waals surface area contributed by atoms with E-state index in [1.54, 1.807) is 11.8 Å². The van der Waals surface area contributed by atoms with Crippen LogP contribution in [0.5, 0.6) is 0 Å². The highest BCUT2D eigenvalue weighted by Gasteiger charge is 2.13. The van der Waals surface area contributed by atoms with Crippen LogP contribution < -0.4 is 5.32 Å². The number of nitrogens with zero attached hydrogens (tertiary/aromatic N) is 4. The predicted octanol–water partition coefficient (Wildman–Crippen LogP) is 0.00660. The summed E-state index contributed by atoms with van der Waals surface area (Å²) < 4.78 is 12.0. The smallest absolute Gasteiger partial charge is 0.168 e. The van der Waals surface area contributed by atoms with Gasteiger partial charge < -0.3 is 14.8 Å². The summed E-state index contributed by atoms with van der Waals surface area (Å²) in [6, 6.07) is 0.0989. The molecule has 0 fully saturated rings. The number of hydrogen-bond donors (Lipinski definition) is 1. The molecule has 1 rings (SSSR count). The molecule has 0 aliphatic carbocycles. The molecule has 1 aromatic heterocycles. The van der Waals surface area contributed by atoms with E-state index in [0.29, 0.717) is 26.4 Å². The lowest BCUT2D eigenvalue weighted by atomic mass is 10.3. The second-order valence-corrected chi connectivity index (χ2v) is 3.63. The molecule has 0 radical (unpaired) electrons. The highest BCUT2D eigenvalue weighted by Crippen LogP contribution is 2.06. The van der Waals surface area contributed by atoms with E-state index in [1.807, 2.05) is 13.8 Å². The van der Waals surface area contributed by atoms with Gasteiger partial charge in [0.15, 0.2) is 5.82 Å². The monoisotopic (exact) mass is 243 g/mol. The SMILES string of the molecule is CCOCCn1nnnc1C(C)NCCOC. The average Bonchev–Trinajstić information content (AvgIpc) is 2.78. The first-order valence-corrected chi connectivity index (χ1v) is 5.85. The first-order chi connectivity index (χ1) is 8.29. The van der Waals surface area contributed by atoms with Crippen LogP contribution in [-0.4, -0.2) is 53.7 Å². The third-order valence-electron chi connectivity index (χ3n) is 2.36. The van der Waals surface area contributed by atoms with Crippen LogP contribution in [0.2, 0.25) is 0 Å². The summed E-state index contributed by atoms with van der Waals surface area (Å²) in [5, 5.41) is 14.9. The van der Waals surface area contributed by atoms with Gasteiger partial charge in [0.25, 0.3) is 0 Å². The van der Waals surface area contributed by atoms with Crippen LogP contribution in [0.4, 0.5) is 0 Å². The highest BCUT2D eigenvalue weighted by molar-refractivity contribution is 4.89. The van der Waals surface area contributed by atoms with Gasteiger partial charge in [-0.3, -0.25) is 0 Å². The number of ether oxygens (including phenoxy) is 2. The van der Waals surface area contributed by atoms with E-state index < -0.39 is 0 Å². The molecule has 17 heavy (non-hydrogen) atoms. The van der Waals surface area contributed by atoms with Crippen molar-refractivity contribution in [3.63, 3.8) is 0 Å². The van der Waals surface area contributed by atoms with Crippen molar-refractivity contribution < 1.29 is 9.47 Å². The maximum Gasteiger partial charge on any atom is 0.168 e. The zero-order chi connectivity index (χ0) is 12.5. The van der Waals surface area contributed by atoms with Gasteiger partial charge in [0, 0.05) is 20.3 Å². The Balaban J connectivity index is 2.43. The maximum absolute atomic E-state index is 5.28. The van der Waals surface area contributed by atoms with E-state index in [2.05, 4.69) is 20.8 Å². The van der Waals surface area contributed by atoms with E-state index >= 15 is 0 Å². The molecule has 1 atom stereocenters. The van der Waals surface area contributed by atoms with Gasteiger partial charge in [0.2, 0.25) is 0 Å². The molecule has 0 saturated heterocycles. The van der Waals surface area contributed by atoms with E-state index in [4.69, 9.17) is 9.47 Å². The fourth-order valence-electron chi connectivity index (χ4n) is 1.45. The maximum atomic E-state index is 5.28. The molecule has 0 aromatic carbocycles. The van der Waals surface area contributed by atoms with Crippen molar-refractivity contribution in [2.45, 2.75) is 26.4 Å². The lowest BCUT2D eigenvalue weighted by Crippen LogP contribution is -2.26. The van der Waals surface area contributed by atoms with Gasteiger partial charge in [-0.2, -0.15) is 0 Å². The van der Waals surface area contributed by atoms with Gasteiger partial charge in [-0.05, 0) is 24.3 Å². The fourth-order valence-corrected chi connectivity index (χ4v) is 1.45. The topological polar surface area (TPSA) is 74.1 Å². The van der Waals surface area contributed by atoms with Crippen LogP contribution in [0.3, 0.4) is 0 Å². The molecule has 7 nitrogen and oxygen atoms in total. The molecule has 1 heterocycles. The summed E-state index contributed by atoms with van der Waals surface area (Å²) in [5.41, 5.74) is 0. The largest absolute Gasteiger partial charge is 0.383 e. The molecule has 1 unspecified atom stereocenters. The van der Waals surface area contributed by atoms with Crippen LogP contribution in [0.1, 0.15) is 25.7 Å². The molecule has 0 aliphatic heterocycles. The number of nitrogens with one attached hydrogen (secondary N) is 1. The molecule has 1 aromatic rings. The standard InChI is InChI=1S/C10H21N5O2/c1-4-17-8-6-15-10(12-13-14-15)9(2)11-5-7-16-3/h9,11H,4-8H2,1-3H3. The van der Waals surface area contributed by atoms with Gasteiger partial charge in [0.1, 0.15) is 0 Å². The summed E-state index contributed by atoms with van der Waals surface area (Å²) in [6.07, 6.45) is 0. The molecule has 1 N–H and O–H groups in total. The fraction of sp³-hybridized carbons (Fsp3) is 0.900. The zero-order valence-corrected chi connectivity index (χ0v) is 10.7. The Hall–Kier alpha value is -1.05. The van der Waals surface area contributed by atoms with Crippen LogP contribution in [0.25, 0.3) is 0 Å². The van der Waals surface area contributed by atoms with Crippen LogP contribution >= 0.6 is 0 Å². The number of rotatable bonds is 9. The Morgan fingerprint density at radius 2 is 2.24 bits per heavy atom. The first-order valence-electron chi connectivity index (χ1n) is 5.85. The van der Waals surface area contributed by atoms with Crippen LogP contribution in [0, 0.1) is 0 Å². The number of methoxy groups -OCH3 is 1. The van der Waals surface area contributed by atoms with Gasteiger partial charge in [-0.1, -0.05) is 0 Å². The number of aromatic nitrogens is 4. The number of hydrogen-bond acceptors (Lipinski definition) is 6. The molecule has 0 spiro atoms. The van der Waals surface area contributed by atoms with E-state index in [-0.39, 0.29) is 6.04 Å². The summed E-state index contributed by atoms with van der Waals surface area (Å²) in [7, 11) is 1.68. The van der Waals surface area contributed by atoms with E-state index in [1.165, 1.54) is 0 Å². The zero-order valence-electron chi connectivity index (χ0n) is 10.7. The molecule has 0 bridgehead atoms. The van der Waals surface area contributed by atoms with Crippen molar-refractivity contribution >= 4 is 0 Å². The Morgan fingerprint density at radius 3 is 2.94 bits per heavy atom. The minimum Gasteiger partial charge on any atom is -0.383 e. The van der Waals surface area contributed by atoms with Crippen LogP contribution in [0.15, 0.2) is 0 Å². The highest BCUT2D eigenvalue weighted by atomic mass is 16.5. The van der Waals surface area contributed by atoms with Crippen molar-refractivity contribution in [3.8, 4) is 0 Å². The summed E-state index contributed by atoms with van der Waals surface area (Å²) in [4.78, 5) is 0. The van der Waals surface area contributed by atoms with Gasteiger partial charge in [0.05, 0.1) is 25.8 Å². The minimum absolute atomic E-state index is 0.0989. The Labute approximate surface area is 101 Å². The Morgan fingerprint density at radius 1 is 1.41 bits per heavy atom. The Kier molecular flexibility index (Phi) is 6.68. The molecular weight excluding hydrogens is 222 g/mol. The molecule has 0 amide bonds. The molecular formula is C10H21N5O2.